The van der Waals surface area contributed by atoms with Crippen LogP contribution in [-0.2, 0) is 14.3 Å². The summed E-state index contributed by atoms with van der Waals surface area (Å²) in [5.74, 6) is -0.284. The molecule has 0 bridgehead atoms. The first-order chi connectivity index (χ1) is 12.9. The topological polar surface area (TPSA) is 73.9 Å². The van der Waals surface area contributed by atoms with Crippen molar-refractivity contribution in [2.75, 3.05) is 25.6 Å². The fourth-order valence-corrected chi connectivity index (χ4v) is 2.57. The minimum absolute atomic E-state index is 0.220. The molecular weight excluding hydrogens is 346 g/mol. The summed E-state index contributed by atoms with van der Waals surface area (Å²) in [6.45, 7) is 8.90. The van der Waals surface area contributed by atoms with E-state index in [4.69, 9.17) is 14.2 Å². The van der Waals surface area contributed by atoms with Crippen LogP contribution in [-0.4, -0.2) is 37.8 Å². The van der Waals surface area contributed by atoms with Gasteiger partial charge in [-0.05, 0) is 44.4 Å². The molecule has 0 saturated carbocycles. The highest BCUT2D eigenvalue weighted by Crippen LogP contribution is 2.26. The molecule has 0 unspecified atom stereocenters. The van der Waals surface area contributed by atoms with Gasteiger partial charge in [0.15, 0.2) is 0 Å². The van der Waals surface area contributed by atoms with Crippen LogP contribution in [0.4, 0.5) is 5.69 Å². The van der Waals surface area contributed by atoms with E-state index in [-0.39, 0.29) is 11.5 Å². The molecule has 0 aliphatic heterocycles. The molecule has 0 spiro atoms. The number of amides is 1. The zero-order valence-electron chi connectivity index (χ0n) is 17.2. The van der Waals surface area contributed by atoms with E-state index in [1.54, 1.807) is 18.2 Å². The van der Waals surface area contributed by atoms with Crippen LogP contribution in [0.1, 0.15) is 70.2 Å². The van der Waals surface area contributed by atoms with Gasteiger partial charge in [0.2, 0.25) is 0 Å². The molecule has 152 valence electrons. The third-order valence-electron chi connectivity index (χ3n) is 4.22. The largest absolute Gasteiger partial charge is 0.493 e. The smallest absolute Gasteiger partial charge is 0.341 e. The van der Waals surface area contributed by atoms with Crippen LogP contribution in [0.15, 0.2) is 18.2 Å². The maximum Gasteiger partial charge on any atom is 0.341 e. The number of rotatable bonds is 12. The maximum absolute atomic E-state index is 12.9. The Morgan fingerprint density at radius 3 is 2.37 bits per heavy atom. The molecule has 0 aromatic heterocycles. The predicted molar refractivity (Wildman–Crippen MR) is 106 cm³/mol. The summed E-state index contributed by atoms with van der Waals surface area (Å²) in [6, 6.07) is 4.97. The zero-order chi connectivity index (χ0) is 20.3. The molecule has 27 heavy (non-hydrogen) atoms. The first-order valence-corrected chi connectivity index (χ1v) is 9.72. The van der Waals surface area contributed by atoms with Crippen molar-refractivity contribution < 1.29 is 23.8 Å². The quantitative estimate of drug-likeness (QED) is 0.538. The Kier molecular flexibility index (Phi) is 9.86. The van der Waals surface area contributed by atoms with Crippen LogP contribution < -0.4 is 10.1 Å². The number of anilines is 1. The van der Waals surface area contributed by atoms with E-state index in [9.17, 15) is 9.59 Å². The van der Waals surface area contributed by atoms with Gasteiger partial charge >= 0.3 is 5.97 Å². The minimum Gasteiger partial charge on any atom is -0.493 e. The van der Waals surface area contributed by atoms with E-state index in [0.717, 1.165) is 25.7 Å². The number of esters is 1. The Balaban J connectivity index is 3.03. The first kappa shape index (κ1) is 23.0. The first-order valence-electron chi connectivity index (χ1n) is 9.72. The van der Waals surface area contributed by atoms with Gasteiger partial charge in [0.05, 0.1) is 13.7 Å². The van der Waals surface area contributed by atoms with Gasteiger partial charge in [-0.3, -0.25) is 4.79 Å². The normalized spacial score (nSPS) is 12.9. The number of nitrogens with one attached hydrogen (secondary N) is 1. The van der Waals surface area contributed by atoms with Crippen molar-refractivity contribution in [3.05, 3.63) is 23.8 Å². The Morgan fingerprint density at radius 2 is 1.78 bits per heavy atom. The molecule has 1 rings (SSSR count). The van der Waals surface area contributed by atoms with Crippen molar-refractivity contribution in [2.45, 2.75) is 65.4 Å². The number of methoxy groups -OCH3 is 1. The standard InChI is InChI=1S/C21H33NO5/c1-6-9-12-21(4,27-14-8-3)20(24)22-16-10-11-18(26-13-7-2)17(15-16)19(23)25-5/h10-11,15H,6-9,12-14H2,1-5H3,(H,22,24)/t21-/m0/s1. The van der Waals surface area contributed by atoms with E-state index >= 15 is 0 Å². The Hall–Kier alpha value is -2.08. The van der Waals surface area contributed by atoms with E-state index in [1.807, 2.05) is 20.8 Å². The molecule has 0 fully saturated rings. The lowest BCUT2D eigenvalue weighted by atomic mass is 9.97. The molecule has 0 aliphatic rings. The maximum atomic E-state index is 12.9. The number of hydrogen-bond donors (Lipinski definition) is 1. The zero-order valence-corrected chi connectivity index (χ0v) is 17.2. The average Bonchev–Trinajstić information content (AvgIpc) is 2.68. The van der Waals surface area contributed by atoms with Crippen molar-refractivity contribution in [2.24, 2.45) is 0 Å². The Labute approximate surface area is 162 Å². The second-order valence-electron chi connectivity index (χ2n) is 6.69. The summed E-state index contributed by atoms with van der Waals surface area (Å²) < 4.78 is 16.3. The number of hydrogen-bond acceptors (Lipinski definition) is 5. The highest BCUT2D eigenvalue weighted by molar-refractivity contribution is 5.99. The van der Waals surface area contributed by atoms with Crippen LogP contribution in [0.5, 0.6) is 5.75 Å². The molecule has 0 aliphatic carbocycles. The number of unbranched alkanes of at least 4 members (excludes halogenated alkanes) is 1. The minimum atomic E-state index is -0.908. The number of carbonyl (C=O) groups excluding carboxylic acids is 2. The molecule has 6 heteroatoms. The fraction of sp³-hybridized carbons (Fsp3) is 0.619. The van der Waals surface area contributed by atoms with Gasteiger partial charge in [0, 0.05) is 12.3 Å². The third kappa shape index (κ3) is 6.86. The number of ether oxygens (including phenoxy) is 3. The molecule has 1 aromatic carbocycles. The fourth-order valence-electron chi connectivity index (χ4n) is 2.57. The van der Waals surface area contributed by atoms with Crippen LogP contribution in [0.2, 0.25) is 0 Å². The molecule has 0 heterocycles. The lowest BCUT2D eigenvalue weighted by Crippen LogP contribution is -2.43. The van der Waals surface area contributed by atoms with Gasteiger partial charge in [0.25, 0.3) is 5.91 Å². The van der Waals surface area contributed by atoms with Gasteiger partial charge in [0.1, 0.15) is 16.9 Å². The molecule has 1 aromatic rings. The molecule has 0 saturated heterocycles. The summed E-state index contributed by atoms with van der Waals surface area (Å²) in [5, 5.41) is 2.88. The Morgan fingerprint density at radius 1 is 1.07 bits per heavy atom. The van der Waals surface area contributed by atoms with Gasteiger partial charge in [-0.25, -0.2) is 4.79 Å². The predicted octanol–water partition coefficient (Wildman–Crippen LogP) is 4.58. The monoisotopic (exact) mass is 379 g/mol. The van der Waals surface area contributed by atoms with Crippen molar-refractivity contribution in [3.63, 3.8) is 0 Å². The molecule has 0 radical (unpaired) electrons. The van der Waals surface area contributed by atoms with E-state index in [1.165, 1.54) is 7.11 Å². The van der Waals surface area contributed by atoms with Crippen molar-refractivity contribution in [3.8, 4) is 5.75 Å². The second-order valence-corrected chi connectivity index (χ2v) is 6.69. The molecular formula is C21H33NO5. The summed E-state index contributed by atoms with van der Waals surface area (Å²) in [7, 11) is 1.32. The van der Waals surface area contributed by atoms with E-state index in [0.29, 0.717) is 31.1 Å². The summed E-state index contributed by atoms with van der Waals surface area (Å²) in [4.78, 5) is 24.9. The summed E-state index contributed by atoms with van der Waals surface area (Å²) in [6.07, 6.45) is 4.17. The van der Waals surface area contributed by atoms with Gasteiger partial charge in [-0.15, -0.1) is 0 Å². The van der Waals surface area contributed by atoms with Crippen molar-refractivity contribution in [1.29, 1.82) is 0 Å². The van der Waals surface area contributed by atoms with Crippen LogP contribution in [0.3, 0.4) is 0 Å². The van der Waals surface area contributed by atoms with Crippen LogP contribution in [0, 0.1) is 0 Å². The molecule has 1 atom stereocenters. The molecule has 1 N–H and O–H groups in total. The van der Waals surface area contributed by atoms with Crippen molar-refractivity contribution in [1.82, 2.24) is 0 Å². The SMILES string of the molecule is CCCC[C@](C)(OCCC)C(=O)Nc1ccc(OCCC)c(C(=O)OC)c1. The summed E-state index contributed by atoms with van der Waals surface area (Å²) in [5.41, 5.74) is -0.116. The Bertz CT molecular complexity index is 607. The number of benzene rings is 1. The lowest BCUT2D eigenvalue weighted by Gasteiger charge is -2.28. The van der Waals surface area contributed by atoms with Gasteiger partial charge < -0.3 is 19.5 Å². The average molecular weight is 379 g/mol. The van der Waals surface area contributed by atoms with E-state index in [2.05, 4.69) is 12.2 Å². The second kappa shape index (κ2) is 11.6. The van der Waals surface area contributed by atoms with Crippen molar-refractivity contribution >= 4 is 17.6 Å². The number of carbonyl (C=O) groups is 2. The van der Waals surface area contributed by atoms with E-state index < -0.39 is 11.6 Å². The van der Waals surface area contributed by atoms with Gasteiger partial charge in [-0.1, -0.05) is 33.6 Å². The summed E-state index contributed by atoms with van der Waals surface area (Å²) >= 11 is 0. The van der Waals surface area contributed by atoms with Gasteiger partial charge in [-0.2, -0.15) is 0 Å². The molecule has 1 amide bonds. The third-order valence-corrected chi connectivity index (χ3v) is 4.22. The van der Waals surface area contributed by atoms with Crippen LogP contribution >= 0.6 is 0 Å². The van der Waals surface area contributed by atoms with Crippen LogP contribution in [0.25, 0.3) is 0 Å². The lowest BCUT2D eigenvalue weighted by molar-refractivity contribution is -0.140. The highest BCUT2D eigenvalue weighted by Gasteiger charge is 2.33. The molecule has 6 nitrogen and oxygen atoms in total. The highest BCUT2D eigenvalue weighted by atomic mass is 16.5.